The molecule has 15 heavy (non-hydrogen) atoms. The van der Waals surface area contributed by atoms with Crippen molar-refractivity contribution < 1.29 is 27.1 Å². The number of carbonyl (C=O) groups is 1. The van der Waals surface area contributed by atoms with Crippen molar-refractivity contribution in [3.63, 3.8) is 0 Å². The molecule has 0 rings (SSSR count). The minimum Gasteiger partial charge on any atom is -0.726 e. The highest BCUT2D eigenvalue weighted by atomic mass is 32.3. The van der Waals surface area contributed by atoms with E-state index < -0.39 is 10.4 Å². The van der Waals surface area contributed by atoms with Gasteiger partial charge in [-0.2, -0.15) is 0 Å². The SMILES string of the molecule is CCOC(=O)CC[S+](C)C.O=S(=O)([O-])O. The maximum absolute atomic E-state index is 10.7. The highest BCUT2D eigenvalue weighted by Crippen LogP contribution is 1.92. The Morgan fingerprint density at radius 1 is 1.47 bits per heavy atom. The molecule has 0 aromatic heterocycles. The van der Waals surface area contributed by atoms with Gasteiger partial charge in [-0.05, 0) is 17.8 Å². The second kappa shape index (κ2) is 8.96. The van der Waals surface area contributed by atoms with E-state index in [9.17, 15) is 4.79 Å². The predicted octanol–water partition coefficient (Wildman–Crippen LogP) is -0.178. The van der Waals surface area contributed by atoms with Crippen LogP contribution in [0.25, 0.3) is 0 Å². The molecular weight excluding hydrogens is 244 g/mol. The molecule has 0 aliphatic heterocycles. The van der Waals surface area contributed by atoms with Crippen LogP contribution in [0.2, 0.25) is 0 Å². The first-order valence-corrected chi connectivity index (χ1v) is 7.62. The molecule has 6 nitrogen and oxygen atoms in total. The maximum Gasteiger partial charge on any atom is 0.310 e. The lowest BCUT2D eigenvalue weighted by atomic mass is 10.5. The first-order chi connectivity index (χ1) is 6.66. The van der Waals surface area contributed by atoms with Gasteiger partial charge in [0.15, 0.2) is 0 Å². The fourth-order valence-corrected chi connectivity index (χ4v) is 1.10. The number of ether oxygens (including phenoxy) is 1. The molecule has 0 spiro atoms. The molecule has 0 amide bonds. The molecular formula is C7H16O6S2. The summed E-state index contributed by atoms with van der Waals surface area (Å²) in [6.45, 7) is 2.33. The molecule has 0 heterocycles. The van der Waals surface area contributed by atoms with Gasteiger partial charge in [0.1, 0.15) is 5.75 Å². The van der Waals surface area contributed by atoms with Crippen molar-refractivity contribution in [2.24, 2.45) is 0 Å². The fourth-order valence-electron chi connectivity index (χ4n) is 0.521. The summed E-state index contributed by atoms with van der Waals surface area (Å²) in [5.74, 6) is 0.891. The Bertz CT molecular complexity index is 251. The second-order valence-electron chi connectivity index (χ2n) is 2.67. The standard InChI is InChI=1S/C7H15O2S.H2O4S/c1-4-9-7(8)5-6-10(2)3;1-5(2,3)4/h4-6H2,1-3H3;(H2,1,2,3,4)/q+1;/p-1. The Hall–Kier alpha value is -0.310. The summed E-state index contributed by atoms with van der Waals surface area (Å²) in [6.07, 6.45) is 4.82. The summed E-state index contributed by atoms with van der Waals surface area (Å²) < 4.78 is 37.6. The van der Waals surface area contributed by atoms with Gasteiger partial charge in [-0.3, -0.25) is 9.35 Å². The Morgan fingerprint density at radius 2 is 1.87 bits per heavy atom. The van der Waals surface area contributed by atoms with E-state index in [0.717, 1.165) is 5.75 Å². The fraction of sp³-hybridized carbons (Fsp3) is 0.857. The number of esters is 1. The summed E-state index contributed by atoms with van der Waals surface area (Å²) in [5, 5.41) is 0. The van der Waals surface area contributed by atoms with Crippen molar-refractivity contribution in [1.82, 2.24) is 0 Å². The van der Waals surface area contributed by atoms with Crippen LogP contribution in [0.4, 0.5) is 0 Å². The van der Waals surface area contributed by atoms with E-state index >= 15 is 0 Å². The summed E-state index contributed by atoms with van der Waals surface area (Å²) in [7, 11) is -4.56. The third-order valence-corrected chi connectivity index (χ3v) is 2.04. The van der Waals surface area contributed by atoms with Crippen LogP contribution in [-0.4, -0.2) is 48.4 Å². The van der Waals surface area contributed by atoms with Crippen LogP contribution in [0.3, 0.4) is 0 Å². The molecule has 0 atom stereocenters. The Labute approximate surface area is 92.9 Å². The van der Waals surface area contributed by atoms with Gasteiger partial charge >= 0.3 is 5.97 Å². The average molecular weight is 260 g/mol. The highest BCUT2D eigenvalue weighted by molar-refractivity contribution is 7.95. The molecule has 0 aliphatic rings. The van der Waals surface area contributed by atoms with Crippen molar-refractivity contribution in [3.8, 4) is 0 Å². The Morgan fingerprint density at radius 3 is 2.13 bits per heavy atom. The molecule has 0 saturated carbocycles. The minimum atomic E-state index is -4.92. The van der Waals surface area contributed by atoms with Crippen molar-refractivity contribution in [2.75, 3.05) is 24.9 Å². The number of rotatable bonds is 4. The van der Waals surface area contributed by atoms with Crippen LogP contribution >= 0.6 is 0 Å². The summed E-state index contributed by atoms with van der Waals surface area (Å²) in [4.78, 5) is 10.7. The lowest BCUT2D eigenvalue weighted by molar-refractivity contribution is -0.142. The number of hydrogen-bond donors (Lipinski definition) is 1. The van der Waals surface area contributed by atoms with Gasteiger partial charge < -0.3 is 9.29 Å². The maximum atomic E-state index is 10.7. The molecule has 1 N–H and O–H groups in total. The predicted molar refractivity (Wildman–Crippen MR) is 57.7 cm³/mol. The van der Waals surface area contributed by atoms with E-state index in [1.54, 1.807) is 0 Å². The van der Waals surface area contributed by atoms with E-state index in [0.29, 0.717) is 23.9 Å². The smallest absolute Gasteiger partial charge is 0.310 e. The normalized spacial score (nSPS) is 10.5. The first-order valence-electron chi connectivity index (χ1n) is 4.05. The third-order valence-electron chi connectivity index (χ3n) is 1.02. The minimum absolute atomic E-state index is 0.0660. The van der Waals surface area contributed by atoms with Crippen LogP contribution in [0.1, 0.15) is 13.3 Å². The Kier molecular flexibility index (Phi) is 10.2. The van der Waals surface area contributed by atoms with Crippen LogP contribution in [0.15, 0.2) is 0 Å². The monoisotopic (exact) mass is 260 g/mol. The van der Waals surface area contributed by atoms with E-state index in [-0.39, 0.29) is 5.97 Å². The summed E-state index contributed by atoms with van der Waals surface area (Å²) >= 11 is 0. The molecule has 0 fully saturated rings. The lowest BCUT2D eigenvalue weighted by Crippen LogP contribution is -2.11. The van der Waals surface area contributed by atoms with Crippen LogP contribution in [-0.2, 0) is 30.8 Å². The lowest BCUT2D eigenvalue weighted by Gasteiger charge is -1.98. The van der Waals surface area contributed by atoms with Crippen LogP contribution < -0.4 is 0 Å². The quantitative estimate of drug-likeness (QED) is 0.325. The largest absolute Gasteiger partial charge is 0.726 e. The molecule has 0 unspecified atom stereocenters. The van der Waals surface area contributed by atoms with Gasteiger partial charge in [0, 0.05) is 0 Å². The number of carbonyl (C=O) groups excluding carboxylic acids is 1. The topological polar surface area (TPSA) is 104 Å². The van der Waals surface area contributed by atoms with E-state index in [1.165, 1.54) is 0 Å². The summed E-state index contributed by atoms with van der Waals surface area (Å²) in [6, 6.07) is 0. The molecule has 8 heteroatoms. The molecule has 0 radical (unpaired) electrons. The van der Waals surface area contributed by atoms with Crippen LogP contribution in [0.5, 0.6) is 0 Å². The van der Waals surface area contributed by atoms with Crippen molar-refractivity contribution in [2.45, 2.75) is 13.3 Å². The third kappa shape index (κ3) is 31.6. The van der Waals surface area contributed by atoms with Crippen molar-refractivity contribution in [3.05, 3.63) is 0 Å². The Balaban J connectivity index is 0. The van der Waals surface area contributed by atoms with E-state index in [1.807, 2.05) is 6.92 Å². The zero-order chi connectivity index (χ0) is 12.5. The first kappa shape index (κ1) is 17.1. The highest BCUT2D eigenvalue weighted by Gasteiger charge is 2.07. The van der Waals surface area contributed by atoms with Crippen LogP contribution in [0, 0.1) is 0 Å². The second-order valence-corrected chi connectivity index (χ2v) is 5.91. The van der Waals surface area contributed by atoms with Gasteiger partial charge in [-0.15, -0.1) is 0 Å². The molecule has 92 valence electrons. The molecule has 0 saturated heterocycles. The molecule has 0 aromatic carbocycles. The molecule has 0 bridgehead atoms. The van der Waals surface area contributed by atoms with Gasteiger partial charge in [0.25, 0.3) is 0 Å². The zero-order valence-corrected chi connectivity index (χ0v) is 10.6. The molecule has 0 aromatic rings. The van der Waals surface area contributed by atoms with E-state index in [2.05, 4.69) is 12.5 Å². The van der Waals surface area contributed by atoms with Gasteiger partial charge in [-0.25, -0.2) is 8.42 Å². The number of hydrogen-bond acceptors (Lipinski definition) is 5. The van der Waals surface area contributed by atoms with Crippen molar-refractivity contribution >= 4 is 27.3 Å². The average Bonchev–Trinajstić information content (AvgIpc) is 1.98. The van der Waals surface area contributed by atoms with Gasteiger partial charge in [0.05, 0.1) is 25.5 Å². The van der Waals surface area contributed by atoms with E-state index in [4.69, 9.17) is 22.3 Å². The van der Waals surface area contributed by atoms with Gasteiger partial charge in [0.2, 0.25) is 10.4 Å². The summed E-state index contributed by atoms with van der Waals surface area (Å²) in [5.41, 5.74) is 0. The zero-order valence-electron chi connectivity index (χ0n) is 8.93. The van der Waals surface area contributed by atoms with Crippen molar-refractivity contribution in [1.29, 1.82) is 0 Å². The van der Waals surface area contributed by atoms with Gasteiger partial charge in [-0.1, -0.05) is 0 Å². The molecule has 0 aliphatic carbocycles.